The van der Waals surface area contributed by atoms with Crippen LogP contribution in [0.4, 0.5) is 0 Å². The van der Waals surface area contributed by atoms with Crippen molar-refractivity contribution >= 4 is 5.97 Å². The van der Waals surface area contributed by atoms with E-state index in [-0.39, 0.29) is 12.0 Å². The van der Waals surface area contributed by atoms with Crippen LogP contribution >= 0.6 is 0 Å². The third-order valence-corrected chi connectivity index (χ3v) is 2.23. The van der Waals surface area contributed by atoms with E-state index < -0.39 is 0 Å². The molecule has 4 heteroatoms. The van der Waals surface area contributed by atoms with Crippen LogP contribution in [0.1, 0.15) is 20.8 Å². The molecule has 1 aliphatic heterocycles. The Morgan fingerprint density at radius 1 is 1.57 bits per heavy atom. The van der Waals surface area contributed by atoms with Crippen LogP contribution in [0.15, 0.2) is 0 Å². The number of carbonyl (C=O) groups is 1. The minimum Gasteiger partial charge on any atom is -0.468 e. The Hall–Kier alpha value is -0.610. The molecule has 1 N–H and O–H groups in total. The average Bonchev–Trinajstić information content (AvgIpc) is 2.30. The Labute approximate surface area is 86.6 Å². The van der Waals surface area contributed by atoms with E-state index in [4.69, 9.17) is 4.74 Å². The van der Waals surface area contributed by atoms with Gasteiger partial charge in [-0.2, -0.15) is 0 Å². The van der Waals surface area contributed by atoms with Gasteiger partial charge in [-0.1, -0.05) is 20.8 Å². The predicted molar refractivity (Wildman–Crippen MR) is 57.3 cm³/mol. The number of likely N-dealkylation sites (N-methyl/N-ethyl adjacent to an activating group) is 1. The van der Waals surface area contributed by atoms with Crippen molar-refractivity contribution in [1.29, 1.82) is 0 Å². The van der Waals surface area contributed by atoms with Crippen LogP contribution in [-0.4, -0.2) is 50.2 Å². The Kier molecular flexibility index (Phi) is 7.42. The van der Waals surface area contributed by atoms with E-state index in [1.807, 2.05) is 13.8 Å². The number of hydrogen-bond acceptors (Lipinski definition) is 4. The molecule has 4 nitrogen and oxygen atoms in total. The Morgan fingerprint density at radius 3 is 2.71 bits per heavy atom. The fourth-order valence-corrected chi connectivity index (χ4v) is 1.49. The lowest BCUT2D eigenvalue weighted by Crippen LogP contribution is -2.55. The fraction of sp³-hybridized carbons (Fsp3) is 0.900. The average molecular weight is 202 g/mol. The molecule has 14 heavy (non-hydrogen) atoms. The summed E-state index contributed by atoms with van der Waals surface area (Å²) in [4.78, 5) is 13.4. The van der Waals surface area contributed by atoms with Gasteiger partial charge in [0.15, 0.2) is 0 Å². The zero-order valence-electron chi connectivity index (χ0n) is 9.67. The van der Waals surface area contributed by atoms with Gasteiger partial charge in [0.05, 0.1) is 7.11 Å². The van der Waals surface area contributed by atoms with Gasteiger partial charge in [-0.15, -0.1) is 0 Å². The van der Waals surface area contributed by atoms with Crippen molar-refractivity contribution in [2.24, 2.45) is 0 Å². The standard InChI is InChI=1S/C8H16N2O2.C2H6/c1-3-10-5-4-9-6-7(10)8(11)12-2;1-2/h7,9H,3-6H2,1-2H3;1-2H3. The molecule has 0 amide bonds. The monoisotopic (exact) mass is 202 g/mol. The zero-order valence-corrected chi connectivity index (χ0v) is 9.67. The number of nitrogens with one attached hydrogen (secondary N) is 1. The Balaban J connectivity index is 0.000000791. The number of carbonyl (C=O) groups excluding carboxylic acids is 1. The van der Waals surface area contributed by atoms with Gasteiger partial charge in [-0.25, -0.2) is 0 Å². The first-order valence-corrected chi connectivity index (χ1v) is 5.32. The molecule has 0 radical (unpaired) electrons. The van der Waals surface area contributed by atoms with Crippen molar-refractivity contribution < 1.29 is 9.53 Å². The van der Waals surface area contributed by atoms with Crippen molar-refractivity contribution in [2.75, 3.05) is 33.3 Å². The third-order valence-electron chi connectivity index (χ3n) is 2.23. The molecule has 0 aliphatic carbocycles. The molecule has 0 spiro atoms. The molecule has 1 heterocycles. The number of rotatable bonds is 2. The first kappa shape index (κ1) is 13.4. The maximum Gasteiger partial charge on any atom is 0.324 e. The van der Waals surface area contributed by atoms with Crippen LogP contribution in [-0.2, 0) is 9.53 Å². The summed E-state index contributed by atoms with van der Waals surface area (Å²) in [6.07, 6.45) is 0. The number of methoxy groups -OCH3 is 1. The summed E-state index contributed by atoms with van der Waals surface area (Å²) in [7, 11) is 1.44. The van der Waals surface area contributed by atoms with E-state index in [9.17, 15) is 4.79 Å². The van der Waals surface area contributed by atoms with Gasteiger partial charge < -0.3 is 10.1 Å². The number of nitrogens with zero attached hydrogens (tertiary/aromatic N) is 1. The van der Waals surface area contributed by atoms with Crippen LogP contribution in [0.2, 0.25) is 0 Å². The summed E-state index contributed by atoms with van der Waals surface area (Å²) >= 11 is 0. The normalized spacial score (nSPS) is 22.1. The van der Waals surface area contributed by atoms with E-state index in [1.54, 1.807) is 0 Å². The van der Waals surface area contributed by atoms with Crippen molar-refractivity contribution in [2.45, 2.75) is 26.8 Å². The van der Waals surface area contributed by atoms with Crippen molar-refractivity contribution in [3.63, 3.8) is 0 Å². The van der Waals surface area contributed by atoms with E-state index >= 15 is 0 Å². The second kappa shape index (κ2) is 7.76. The number of hydrogen-bond donors (Lipinski definition) is 1. The molecule has 1 aliphatic rings. The summed E-state index contributed by atoms with van der Waals surface area (Å²) in [5, 5.41) is 3.17. The minimum absolute atomic E-state index is 0.0891. The lowest BCUT2D eigenvalue weighted by Gasteiger charge is -2.33. The maximum absolute atomic E-state index is 11.2. The van der Waals surface area contributed by atoms with Crippen LogP contribution < -0.4 is 5.32 Å². The van der Waals surface area contributed by atoms with Gasteiger partial charge in [0.1, 0.15) is 6.04 Å². The van der Waals surface area contributed by atoms with Crippen molar-refractivity contribution in [3.05, 3.63) is 0 Å². The SMILES string of the molecule is CC.CCN1CCNCC1C(=O)OC. The Morgan fingerprint density at radius 2 is 2.21 bits per heavy atom. The molecular weight excluding hydrogens is 180 g/mol. The zero-order chi connectivity index (χ0) is 11.0. The summed E-state index contributed by atoms with van der Waals surface area (Å²) in [5.74, 6) is -0.135. The molecule has 0 bridgehead atoms. The molecule has 0 aromatic heterocycles. The minimum atomic E-state index is -0.135. The van der Waals surface area contributed by atoms with Crippen LogP contribution in [0, 0.1) is 0 Å². The maximum atomic E-state index is 11.2. The largest absolute Gasteiger partial charge is 0.468 e. The molecule has 1 atom stereocenters. The quantitative estimate of drug-likeness (QED) is 0.661. The van der Waals surface area contributed by atoms with E-state index in [0.717, 1.165) is 19.6 Å². The third kappa shape index (κ3) is 3.64. The van der Waals surface area contributed by atoms with Crippen molar-refractivity contribution in [1.82, 2.24) is 10.2 Å². The van der Waals surface area contributed by atoms with Gasteiger partial charge in [0.2, 0.25) is 0 Å². The number of ether oxygens (including phenoxy) is 1. The fourth-order valence-electron chi connectivity index (χ4n) is 1.49. The van der Waals surface area contributed by atoms with Crippen LogP contribution in [0.5, 0.6) is 0 Å². The Bertz CT molecular complexity index is 162. The van der Waals surface area contributed by atoms with Gasteiger partial charge >= 0.3 is 5.97 Å². The van der Waals surface area contributed by atoms with E-state index in [0.29, 0.717) is 6.54 Å². The lowest BCUT2D eigenvalue weighted by atomic mass is 10.2. The van der Waals surface area contributed by atoms with Gasteiger partial charge in [-0.05, 0) is 6.54 Å². The number of piperazine rings is 1. The summed E-state index contributed by atoms with van der Waals surface area (Å²) in [6.45, 7) is 9.56. The van der Waals surface area contributed by atoms with Gasteiger partial charge in [0, 0.05) is 19.6 Å². The first-order valence-electron chi connectivity index (χ1n) is 5.32. The van der Waals surface area contributed by atoms with E-state index in [2.05, 4.69) is 17.1 Å². The highest BCUT2D eigenvalue weighted by Gasteiger charge is 2.27. The second-order valence-electron chi connectivity index (χ2n) is 2.87. The topological polar surface area (TPSA) is 41.6 Å². The van der Waals surface area contributed by atoms with Crippen molar-refractivity contribution in [3.8, 4) is 0 Å². The predicted octanol–water partition coefficient (Wildman–Crippen LogP) is 0.479. The van der Waals surface area contributed by atoms with Crippen LogP contribution in [0.3, 0.4) is 0 Å². The summed E-state index contributed by atoms with van der Waals surface area (Å²) < 4.78 is 4.70. The molecular formula is C10H22N2O2. The molecule has 1 unspecified atom stereocenters. The molecule has 0 aromatic carbocycles. The lowest BCUT2D eigenvalue weighted by molar-refractivity contribution is -0.147. The highest BCUT2D eigenvalue weighted by molar-refractivity contribution is 5.76. The van der Waals surface area contributed by atoms with Gasteiger partial charge in [-0.3, -0.25) is 9.69 Å². The molecule has 1 rings (SSSR count). The highest BCUT2D eigenvalue weighted by atomic mass is 16.5. The first-order chi connectivity index (χ1) is 6.79. The second-order valence-corrected chi connectivity index (χ2v) is 2.87. The molecule has 84 valence electrons. The van der Waals surface area contributed by atoms with Gasteiger partial charge in [0.25, 0.3) is 0 Å². The smallest absolute Gasteiger partial charge is 0.324 e. The highest BCUT2D eigenvalue weighted by Crippen LogP contribution is 2.03. The van der Waals surface area contributed by atoms with E-state index in [1.165, 1.54) is 7.11 Å². The molecule has 0 saturated carbocycles. The number of esters is 1. The van der Waals surface area contributed by atoms with Crippen LogP contribution in [0.25, 0.3) is 0 Å². The molecule has 1 fully saturated rings. The summed E-state index contributed by atoms with van der Waals surface area (Å²) in [5.41, 5.74) is 0. The molecule has 1 saturated heterocycles. The molecule has 0 aromatic rings. The summed E-state index contributed by atoms with van der Waals surface area (Å²) in [6, 6.07) is -0.0891.